The Kier molecular flexibility index (Phi) is 4.46. The molecule has 0 radical (unpaired) electrons. The van der Waals surface area contributed by atoms with Crippen LogP contribution in [0.4, 0.5) is 10.5 Å². The monoisotopic (exact) mass is 293 g/mol. The van der Waals surface area contributed by atoms with E-state index in [4.69, 9.17) is 17.0 Å². The average Bonchev–Trinajstić information content (AvgIpc) is 2.83. The number of carbonyl (C=O) groups excluding carboxylic acids is 1. The van der Waals surface area contributed by atoms with E-state index in [2.05, 4.69) is 20.8 Å². The van der Waals surface area contributed by atoms with E-state index in [1.54, 1.807) is 18.2 Å². The summed E-state index contributed by atoms with van der Waals surface area (Å²) >= 11 is 5.01. The molecule has 2 aromatic rings. The molecule has 0 aliphatic carbocycles. The van der Waals surface area contributed by atoms with Crippen LogP contribution in [0.15, 0.2) is 24.3 Å². The summed E-state index contributed by atoms with van der Waals surface area (Å²) in [6, 6.07) is 7.11. The molecule has 1 aromatic carbocycles. The number of aromatic nitrogens is 4. The van der Waals surface area contributed by atoms with Gasteiger partial charge in [0, 0.05) is 5.69 Å². The van der Waals surface area contributed by atoms with Crippen LogP contribution in [0.2, 0.25) is 0 Å². The summed E-state index contributed by atoms with van der Waals surface area (Å²) in [6.45, 7) is 4.32. The maximum atomic E-state index is 11.6. The van der Waals surface area contributed by atoms with Crippen molar-refractivity contribution in [2.45, 2.75) is 13.8 Å². The standard InChI is InChI=1S/C12H15N5O2S/c1-8(2)7-19-12(18)13-9-4-3-5-10(6-9)17-11(20)14-15-16-17/h3-6,8H,7H2,1-2H3,(H,13,18)(H,14,16,20). The second kappa shape index (κ2) is 6.29. The van der Waals surface area contributed by atoms with Gasteiger partial charge in [-0.2, -0.15) is 5.21 Å². The lowest BCUT2D eigenvalue weighted by Crippen LogP contribution is -2.16. The summed E-state index contributed by atoms with van der Waals surface area (Å²) in [5.41, 5.74) is 1.33. The van der Waals surface area contributed by atoms with Crippen LogP contribution < -0.4 is 5.32 Å². The maximum Gasteiger partial charge on any atom is 0.411 e. The number of nitrogens with zero attached hydrogens (tertiary/aromatic N) is 3. The molecule has 1 aromatic heterocycles. The molecule has 0 spiro atoms. The van der Waals surface area contributed by atoms with Gasteiger partial charge in [0.2, 0.25) is 4.77 Å². The SMILES string of the molecule is CC(C)COC(=O)Nc1cccc(-n2[nH]nnc2=S)c1. The van der Waals surface area contributed by atoms with Gasteiger partial charge < -0.3 is 4.74 Å². The molecule has 1 amide bonds. The number of benzene rings is 1. The van der Waals surface area contributed by atoms with Gasteiger partial charge in [0.1, 0.15) is 0 Å². The molecule has 0 unspecified atom stereocenters. The minimum Gasteiger partial charge on any atom is -0.449 e. The summed E-state index contributed by atoms with van der Waals surface area (Å²) in [4.78, 5) is 11.6. The lowest BCUT2D eigenvalue weighted by atomic mass is 10.2. The molecular formula is C12H15N5O2S. The number of tetrazole rings is 1. The Morgan fingerprint density at radius 1 is 1.55 bits per heavy atom. The van der Waals surface area contributed by atoms with Crippen LogP contribution in [0, 0.1) is 10.7 Å². The number of amides is 1. The van der Waals surface area contributed by atoms with E-state index in [1.807, 2.05) is 19.9 Å². The normalized spacial score (nSPS) is 10.6. The minimum absolute atomic E-state index is 0.293. The molecular weight excluding hydrogens is 278 g/mol. The lowest BCUT2D eigenvalue weighted by molar-refractivity contribution is 0.147. The number of H-pyrrole nitrogens is 1. The van der Waals surface area contributed by atoms with Crippen LogP contribution in [0.3, 0.4) is 0 Å². The number of hydrogen-bond donors (Lipinski definition) is 2. The lowest BCUT2D eigenvalue weighted by Gasteiger charge is -2.09. The quantitative estimate of drug-likeness (QED) is 0.846. The second-order valence-electron chi connectivity index (χ2n) is 4.59. The van der Waals surface area contributed by atoms with Crippen LogP contribution in [0.1, 0.15) is 13.8 Å². The first-order chi connectivity index (χ1) is 9.56. The zero-order valence-corrected chi connectivity index (χ0v) is 12.0. The van der Waals surface area contributed by atoms with Crippen molar-refractivity contribution >= 4 is 24.0 Å². The van der Waals surface area contributed by atoms with Crippen molar-refractivity contribution in [2.75, 3.05) is 11.9 Å². The Balaban J connectivity index is 2.09. The van der Waals surface area contributed by atoms with Gasteiger partial charge in [-0.1, -0.05) is 30.2 Å². The summed E-state index contributed by atoms with van der Waals surface area (Å²) in [5, 5.41) is 12.6. The van der Waals surface area contributed by atoms with Crippen LogP contribution in [0.25, 0.3) is 5.69 Å². The van der Waals surface area contributed by atoms with Crippen molar-refractivity contribution in [3.63, 3.8) is 0 Å². The van der Waals surface area contributed by atoms with Crippen LogP contribution in [-0.4, -0.2) is 32.9 Å². The van der Waals surface area contributed by atoms with Crippen molar-refractivity contribution in [3.05, 3.63) is 29.0 Å². The van der Waals surface area contributed by atoms with Crippen molar-refractivity contribution < 1.29 is 9.53 Å². The van der Waals surface area contributed by atoms with E-state index in [1.165, 1.54) is 4.68 Å². The minimum atomic E-state index is -0.484. The van der Waals surface area contributed by atoms with E-state index in [-0.39, 0.29) is 0 Å². The number of nitrogens with one attached hydrogen (secondary N) is 2. The molecule has 8 heteroatoms. The molecule has 20 heavy (non-hydrogen) atoms. The highest BCUT2D eigenvalue weighted by atomic mass is 32.1. The van der Waals surface area contributed by atoms with Gasteiger partial charge >= 0.3 is 6.09 Å². The Labute approximate surface area is 120 Å². The fourth-order valence-electron chi connectivity index (χ4n) is 1.48. The average molecular weight is 293 g/mol. The molecule has 1 heterocycles. The van der Waals surface area contributed by atoms with Crippen LogP contribution in [-0.2, 0) is 4.74 Å². The first-order valence-electron chi connectivity index (χ1n) is 6.10. The number of rotatable bonds is 4. The largest absolute Gasteiger partial charge is 0.449 e. The summed E-state index contributed by atoms with van der Waals surface area (Å²) < 4.78 is 6.89. The van der Waals surface area contributed by atoms with Gasteiger partial charge in [-0.25, -0.2) is 9.48 Å². The molecule has 106 valence electrons. The Hall–Kier alpha value is -2.22. The highest BCUT2D eigenvalue weighted by Crippen LogP contribution is 2.14. The number of carbonyl (C=O) groups is 1. The van der Waals surface area contributed by atoms with Crippen molar-refractivity contribution in [1.82, 2.24) is 20.2 Å². The molecule has 2 rings (SSSR count). The fraction of sp³-hybridized carbons (Fsp3) is 0.333. The highest BCUT2D eigenvalue weighted by Gasteiger charge is 2.06. The predicted octanol–water partition coefficient (Wildman–Crippen LogP) is 2.53. The highest BCUT2D eigenvalue weighted by molar-refractivity contribution is 7.71. The number of ether oxygens (including phenoxy) is 1. The molecule has 0 atom stereocenters. The maximum absolute atomic E-state index is 11.6. The summed E-state index contributed by atoms with van der Waals surface area (Å²) in [5.74, 6) is 0.293. The zero-order valence-electron chi connectivity index (χ0n) is 11.2. The number of anilines is 1. The van der Waals surface area contributed by atoms with Gasteiger partial charge in [0.05, 0.1) is 12.3 Å². The first kappa shape index (κ1) is 14.2. The van der Waals surface area contributed by atoms with E-state index >= 15 is 0 Å². The summed E-state index contributed by atoms with van der Waals surface area (Å²) in [6.07, 6.45) is -0.484. The van der Waals surface area contributed by atoms with Crippen molar-refractivity contribution in [2.24, 2.45) is 5.92 Å². The molecule has 2 N–H and O–H groups in total. The third kappa shape index (κ3) is 3.64. The molecule has 7 nitrogen and oxygen atoms in total. The number of aromatic amines is 1. The van der Waals surface area contributed by atoms with E-state index in [0.717, 1.165) is 5.69 Å². The van der Waals surface area contributed by atoms with Crippen molar-refractivity contribution in [3.8, 4) is 5.69 Å². The Bertz CT molecular complexity index is 649. The molecule has 0 bridgehead atoms. The third-order valence-corrected chi connectivity index (χ3v) is 2.63. The van der Waals surface area contributed by atoms with Crippen LogP contribution >= 0.6 is 12.2 Å². The van der Waals surface area contributed by atoms with Crippen LogP contribution in [0.5, 0.6) is 0 Å². The van der Waals surface area contributed by atoms with Gasteiger partial charge in [0.15, 0.2) is 0 Å². The Morgan fingerprint density at radius 3 is 3.00 bits per heavy atom. The van der Waals surface area contributed by atoms with E-state index in [0.29, 0.717) is 23.0 Å². The first-order valence-corrected chi connectivity index (χ1v) is 6.51. The fourth-order valence-corrected chi connectivity index (χ4v) is 1.67. The molecule has 0 aliphatic heterocycles. The molecule has 0 fully saturated rings. The topological polar surface area (TPSA) is 84.8 Å². The third-order valence-electron chi connectivity index (χ3n) is 2.37. The molecule has 0 saturated carbocycles. The van der Waals surface area contributed by atoms with Gasteiger partial charge in [-0.15, -0.1) is 0 Å². The van der Waals surface area contributed by atoms with Gasteiger partial charge in [0.25, 0.3) is 0 Å². The second-order valence-corrected chi connectivity index (χ2v) is 4.95. The predicted molar refractivity (Wildman–Crippen MR) is 76.4 cm³/mol. The molecule has 0 aliphatic rings. The molecule has 0 saturated heterocycles. The van der Waals surface area contributed by atoms with E-state index in [9.17, 15) is 4.79 Å². The summed E-state index contributed by atoms with van der Waals surface area (Å²) in [7, 11) is 0. The Morgan fingerprint density at radius 2 is 2.35 bits per heavy atom. The van der Waals surface area contributed by atoms with E-state index < -0.39 is 6.09 Å². The smallest absolute Gasteiger partial charge is 0.411 e. The zero-order chi connectivity index (χ0) is 14.5. The van der Waals surface area contributed by atoms with Crippen molar-refractivity contribution in [1.29, 1.82) is 0 Å². The van der Waals surface area contributed by atoms with Gasteiger partial charge in [-0.3, -0.25) is 5.32 Å². The number of hydrogen-bond acceptors (Lipinski definition) is 5. The van der Waals surface area contributed by atoms with Gasteiger partial charge in [-0.05, 0) is 36.3 Å².